The molecule has 5 heterocycles. The molecule has 34 heavy (non-hydrogen) atoms. The van der Waals surface area contributed by atoms with Gasteiger partial charge in [0.05, 0.1) is 21.8 Å². The first-order valence-corrected chi connectivity index (χ1v) is 12.2. The van der Waals surface area contributed by atoms with Crippen LogP contribution < -0.4 is 0 Å². The molecule has 1 fully saturated rings. The van der Waals surface area contributed by atoms with Crippen LogP contribution in [0.5, 0.6) is 0 Å². The van der Waals surface area contributed by atoms with E-state index in [2.05, 4.69) is 44.2 Å². The number of rotatable bonds is 2. The Kier molecular flexibility index (Phi) is 6.78. The second-order valence-corrected chi connectivity index (χ2v) is 10.1. The number of likely N-dealkylation sites (N-methyl/N-ethyl adjacent to an activating group) is 1. The monoisotopic (exact) mass is 513 g/mol. The van der Waals surface area contributed by atoms with E-state index in [0.717, 1.165) is 60.4 Å². The van der Waals surface area contributed by atoms with E-state index < -0.39 is 12.1 Å². The van der Waals surface area contributed by atoms with E-state index in [1.807, 2.05) is 22.4 Å². The second kappa shape index (κ2) is 9.47. The number of aliphatic carboxylic acids is 1. The van der Waals surface area contributed by atoms with Crippen molar-refractivity contribution in [2.75, 3.05) is 26.7 Å². The third-order valence-electron chi connectivity index (χ3n) is 5.88. The number of hydrogen-bond acceptors (Lipinski definition) is 7. The highest BCUT2D eigenvalue weighted by Gasteiger charge is 2.44. The summed E-state index contributed by atoms with van der Waals surface area (Å²) in [4.78, 5) is 28.0. The lowest BCUT2D eigenvalue weighted by molar-refractivity contribution is -0.192. The molecule has 3 aromatic rings. The highest BCUT2D eigenvalue weighted by atomic mass is 32.1. The van der Waals surface area contributed by atoms with E-state index >= 15 is 0 Å². The Labute approximate surface area is 201 Å². The van der Waals surface area contributed by atoms with Crippen molar-refractivity contribution < 1.29 is 27.9 Å². The van der Waals surface area contributed by atoms with Gasteiger partial charge in [0.25, 0.3) is 5.91 Å². The Hall–Kier alpha value is -2.77. The maximum absolute atomic E-state index is 12.7. The Morgan fingerprint density at radius 3 is 2.29 bits per heavy atom. The Morgan fingerprint density at radius 1 is 1.09 bits per heavy atom. The molecule has 8 nitrogen and oxygen atoms in total. The first kappa shape index (κ1) is 24.4. The first-order chi connectivity index (χ1) is 16.1. The third kappa shape index (κ3) is 4.86. The van der Waals surface area contributed by atoms with Crippen molar-refractivity contribution in [2.45, 2.75) is 31.1 Å². The summed E-state index contributed by atoms with van der Waals surface area (Å²) in [6.07, 6.45) is -3.23. The molecular weight excluding hydrogens is 491 g/mol. The average Bonchev–Trinajstić information content (AvgIpc) is 3.54. The highest BCUT2D eigenvalue weighted by Crippen LogP contribution is 2.40. The molecule has 1 amide bonds. The number of nitrogens with zero attached hydrogens (tertiary/aromatic N) is 5. The maximum atomic E-state index is 12.7. The van der Waals surface area contributed by atoms with Gasteiger partial charge < -0.3 is 14.6 Å². The Morgan fingerprint density at radius 2 is 1.74 bits per heavy atom. The van der Waals surface area contributed by atoms with Crippen LogP contribution in [0, 0.1) is 0 Å². The number of carboxylic acid groups (broad SMARTS) is 1. The predicted molar refractivity (Wildman–Crippen MR) is 121 cm³/mol. The molecule has 1 saturated heterocycles. The molecule has 0 saturated carbocycles. The van der Waals surface area contributed by atoms with Crippen LogP contribution in [0.25, 0.3) is 10.7 Å². The van der Waals surface area contributed by atoms with Gasteiger partial charge in [0.15, 0.2) is 5.82 Å². The fourth-order valence-electron chi connectivity index (χ4n) is 4.42. The van der Waals surface area contributed by atoms with E-state index in [1.54, 1.807) is 11.3 Å². The zero-order chi connectivity index (χ0) is 24.5. The average molecular weight is 514 g/mol. The lowest BCUT2D eigenvalue weighted by Gasteiger charge is -2.48. The Bertz CT molecular complexity index is 1140. The zero-order valence-corrected chi connectivity index (χ0v) is 19.8. The third-order valence-corrected chi connectivity index (χ3v) is 7.60. The van der Waals surface area contributed by atoms with Crippen LogP contribution in [0.1, 0.15) is 28.3 Å². The Balaban J connectivity index is 0.000000344. The minimum atomic E-state index is -5.08. The summed E-state index contributed by atoms with van der Waals surface area (Å²) in [6.45, 7) is 3.33. The van der Waals surface area contributed by atoms with Crippen molar-refractivity contribution in [3.8, 4) is 10.7 Å². The normalized spacial score (nSPS) is 17.7. The van der Waals surface area contributed by atoms with Crippen LogP contribution in [0.2, 0.25) is 0 Å². The van der Waals surface area contributed by atoms with Crippen LogP contribution in [0.4, 0.5) is 13.2 Å². The van der Waals surface area contributed by atoms with Gasteiger partial charge >= 0.3 is 12.1 Å². The molecule has 182 valence electrons. The first-order valence-electron chi connectivity index (χ1n) is 10.4. The number of halogens is 3. The smallest absolute Gasteiger partial charge is 0.475 e. The molecule has 5 rings (SSSR count). The number of carboxylic acids is 1. The number of alkyl halides is 3. The number of aromatic nitrogens is 3. The van der Waals surface area contributed by atoms with Crippen LogP contribution >= 0.6 is 22.7 Å². The molecule has 0 aliphatic carbocycles. The van der Waals surface area contributed by atoms with Crippen molar-refractivity contribution in [3.63, 3.8) is 0 Å². The largest absolute Gasteiger partial charge is 0.490 e. The van der Waals surface area contributed by atoms with Gasteiger partial charge in [-0.3, -0.25) is 9.69 Å². The molecule has 0 radical (unpaired) electrons. The number of likely N-dealkylation sites (tertiary alicyclic amines) is 1. The fourth-order valence-corrected chi connectivity index (χ4v) is 5.81. The summed E-state index contributed by atoms with van der Waals surface area (Å²) in [7, 11) is 2.15. The lowest BCUT2D eigenvalue weighted by Crippen LogP contribution is -2.55. The van der Waals surface area contributed by atoms with Crippen molar-refractivity contribution in [1.82, 2.24) is 24.6 Å². The number of hydrogen-bond donors (Lipinski definition) is 1. The summed E-state index contributed by atoms with van der Waals surface area (Å²) in [5.41, 5.74) is -0.0443. The van der Waals surface area contributed by atoms with Gasteiger partial charge in [0, 0.05) is 19.6 Å². The van der Waals surface area contributed by atoms with Crippen molar-refractivity contribution in [2.24, 2.45) is 0 Å². The summed E-state index contributed by atoms with van der Waals surface area (Å²) in [5.74, 6) is -0.588. The molecule has 1 spiro atoms. The molecule has 0 aromatic carbocycles. The molecule has 0 atom stereocenters. The molecule has 2 aliphatic heterocycles. The number of amides is 1. The maximum Gasteiger partial charge on any atom is 0.490 e. The second-order valence-electron chi connectivity index (χ2n) is 8.22. The van der Waals surface area contributed by atoms with Crippen molar-refractivity contribution >= 4 is 34.6 Å². The van der Waals surface area contributed by atoms with E-state index in [-0.39, 0.29) is 11.4 Å². The topological polar surface area (TPSA) is 91.6 Å². The number of carbonyl (C=O) groups excluding carboxylic acids is 1. The van der Waals surface area contributed by atoms with E-state index in [0.29, 0.717) is 0 Å². The summed E-state index contributed by atoms with van der Waals surface area (Å²) in [5, 5.41) is 20.2. The van der Waals surface area contributed by atoms with Crippen LogP contribution in [-0.2, 0) is 16.9 Å². The molecular formula is C21H22F3N5O3S2. The number of piperidine rings is 1. The van der Waals surface area contributed by atoms with E-state index in [4.69, 9.17) is 9.90 Å². The van der Waals surface area contributed by atoms with E-state index in [9.17, 15) is 18.0 Å². The minimum Gasteiger partial charge on any atom is -0.475 e. The van der Waals surface area contributed by atoms with Gasteiger partial charge in [-0.05, 0) is 42.8 Å². The summed E-state index contributed by atoms with van der Waals surface area (Å²) >= 11 is 3.22. The van der Waals surface area contributed by atoms with Gasteiger partial charge in [0.1, 0.15) is 5.82 Å². The molecule has 13 heteroatoms. The number of thiophene rings is 2. The standard InChI is InChI=1S/C19H21N5OS2.C2HF3O2/c1-22-12-16-20-21-17(14-4-2-10-26-14)24(16)19(13-22)6-8-23(9-7-19)18(25)15-5-3-11-27-15;3-2(4,5)1(6)7/h2-5,10-11H,6-9,12-13H2,1H3;(H,6,7). The van der Waals surface area contributed by atoms with Gasteiger partial charge in [-0.1, -0.05) is 12.1 Å². The minimum absolute atomic E-state index is 0.0443. The number of carbonyl (C=O) groups is 2. The molecule has 2 aliphatic rings. The molecule has 0 bridgehead atoms. The van der Waals surface area contributed by atoms with Gasteiger partial charge in [-0.2, -0.15) is 13.2 Å². The van der Waals surface area contributed by atoms with Crippen LogP contribution in [0.15, 0.2) is 35.0 Å². The number of fused-ring (bicyclic) bond motifs is 2. The van der Waals surface area contributed by atoms with Gasteiger partial charge in [-0.25, -0.2) is 4.79 Å². The van der Waals surface area contributed by atoms with Gasteiger partial charge in [-0.15, -0.1) is 32.9 Å². The fraction of sp³-hybridized carbons (Fsp3) is 0.429. The molecule has 1 N–H and O–H groups in total. The van der Waals surface area contributed by atoms with E-state index in [1.165, 1.54) is 11.3 Å². The highest BCUT2D eigenvalue weighted by molar-refractivity contribution is 7.13. The van der Waals surface area contributed by atoms with Crippen molar-refractivity contribution in [3.05, 3.63) is 45.7 Å². The SMILES string of the molecule is CN1Cc2nnc(-c3cccs3)n2C2(CCN(C(=O)c3cccs3)CC2)C1.O=C(O)C(F)(F)F. The molecule has 3 aromatic heterocycles. The summed E-state index contributed by atoms with van der Waals surface area (Å²) < 4.78 is 34.1. The van der Waals surface area contributed by atoms with Crippen LogP contribution in [0.3, 0.4) is 0 Å². The van der Waals surface area contributed by atoms with Crippen molar-refractivity contribution in [1.29, 1.82) is 0 Å². The van der Waals surface area contributed by atoms with Crippen LogP contribution in [-0.4, -0.2) is 74.4 Å². The lowest BCUT2D eigenvalue weighted by atomic mass is 9.84. The predicted octanol–water partition coefficient (Wildman–Crippen LogP) is 3.78. The quantitative estimate of drug-likeness (QED) is 0.561. The van der Waals surface area contributed by atoms with Gasteiger partial charge in [0.2, 0.25) is 0 Å². The molecule has 0 unspecified atom stereocenters. The zero-order valence-electron chi connectivity index (χ0n) is 18.2. The summed E-state index contributed by atoms with van der Waals surface area (Å²) in [6, 6.07) is 8.03.